The summed E-state index contributed by atoms with van der Waals surface area (Å²) in [6.45, 7) is 0. The Morgan fingerprint density at radius 1 is 0.957 bits per heavy atom. The Hall–Kier alpha value is -2.16. The summed E-state index contributed by atoms with van der Waals surface area (Å²) in [6, 6.07) is 16.4. The Morgan fingerprint density at radius 2 is 1.70 bits per heavy atom. The van der Waals surface area contributed by atoms with Crippen LogP contribution in [0.25, 0.3) is 0 Å². The topological polar surface area (TPSA) is 42.0 Å². The molecule has 1 heterocycles. The normalized spacial score (nSPS) is 29.2. The summed E-state index contributed by atoms with van der Waals surface area (Å²) in [5, 5.41) is 3.28. The van der Waals surface area contributed by atoms with Crippen molar-refractivity contribution in [3.05, 3.63) is 66.0 Å². The molecule has 1 aromatic heterocycles. The van der Waals surface area contributed by atoms with Gasteiger partial charge in [-0.2, -0.15) is 0 Å². The first-order valence-corrected chi connectivity index (χ1v) is 8.61. The lowest BCUT2D eigenvalue weighted by Gasteiger charge is -2.55. The van der Waals surface area contributed by atoms with Gasteiger partial charge in [0.25, 0.3) is 5.91 Å². The molecule has 4 rings (SSSR count). The van der Waals surface area contributed by atoms with Crippen LogP contribution < -0.4 is 5.32 Å². The van der Waals surface area contributed by atoms with Crippen molar-refractivity contribution in [2.75, 3.05) is 0 Å². The number of carbonyl (C=O) groups excluding carboxylic acids is 1. The fourth-order valence-corrected chi connectivity index (χ4v) is 4.52. The van der Waals surface area contributed by atoms with E-state index in [9.17, 15) is 4.79 Å². The molecule has 2 aliphatic carbocycles. The van der Waals surface area contributed by atoms with Crippen LogP contribution in [0.4, 0.5) is 0 Å². The molecule has 0 spiro atoms. The van der Waals surface area contributed by atoms with Crippen LogP contribution in [0.5, 0.6) is 0 Å². The molecule has 2 saturated carbocycles. The molecular weight excluding hydrogens is 284 g/mol. The number of hydrogen-bond acceptors (Lipinski definition) is 2. The van der Waals surface area contributed by atoms with Crippen molar-refractivity contribution in [1.82, 2.24) is 10.3 Å². The lowest BCUT2D eigenvalue weighted by molar-refractivity contribution is 0.0250. The zero-order valence-corrected chi connectivity index (χ0v) is 13.2. The molecule has 2 aliphatic rings. The fourth-order valence-electron chi connectivity index (χ4n) is 4.52. The number of benzene rings is 1. The average Bonchev–Trinajstić information content (AvgIpc) is 2.61. The van der Waals surface area contributed by atoms with Crippen molar-refractivity contribution in [2.24, 2.45) is 11.8 Å². The third kappa shape index (κ3) is 2.65. The number of carbonyl (C=O) groups is 1. The van der Waals surface area contributed by atoms with Crippen molar-refractivity contribution < 1.29 is 4.79 Å². The molecular formula is C20H22N2O. The van der Waals surface area contributed by atoms with Crippen molar-refractivity contribution in [1.29, 1.82) is 0 Å². The zero-order chi connectivity index (χ0) is 15.6. The predicted molar refractivity (Wildman–Crippen MR) is 90.1 cm³/mol. The van der Waals surface area contributed by atoms with E-state index in [1.165, 1.54) is 31.2 Å². The molecule has 2 aromatic rings. The molecule has 0 radical (unpaired) electrons. The van der Waals surface area contributed by atoms with Gasteiger partial charge >= 0.3 is 0 Å². The van der Waals surface area contributed by atoms with E-state index < -0.39 is 0 Å². The van der Waals surface area contributed by atoms with Crippen molar-refractivity contribution in [3.63, 3.8) is 0 Å². The van der Waals surface area contributed by atoms with Gasteiger partial charge in [0.05, 0.1) is 0 Å². The van der Waals surface area contributed by atoms with E-state index in [0.717, 1.165) is 5.92 Å². The number of aromatic nitrogens is 1. The van der Waals surface area contributed by atoms with Gasteiger partial charge in [-0.1, -0.05) is 49.2 Å². The monoisotopic (exact) mass is 306 g/mol. The van der Waals surface area contributed by atoms with E-state index >= 15 is 0 Å². The quantitative estimate of drug-likeness (QED) is 0.937. The fraction of sp³-hybridized carbons (Fsp3) is 0.400. The van der Waals surface area contributed by atoms with Gasteiger partial charge in [0.15, 0.2) is 0 Å². The lowest BCUT2D eigenvalue weighted by atomic mass is 9.53. The highest BCUT2D eigenvalue weighted by Gasteiger charge is 2.51. The molecule has 0 saturated heterocycles. The summed E-state index contributed by atoms with van der Waals surface area (Å²) in [7, 11) is 0. The minimum absolute atomic E-state index is 0.0412. The molecule has 0 bridgehead atoms. The van der Waals surface area contributed by atoms with E-state index in [2.05, 4.69) is 40.6 Å². The van der Waals surface area contributed by atoms with Crippen LogP contribution in [-0.2, 0) is 0 Å². The molecule has 2 unspecified atom stereocenters. The van der Waals surface area contributed by atoms with Gasteiger partial charge in [0, 0.05) is 18.2 Å². The zero-order valence-electron chi connectivity index (χ0n) is 13.2. The van der Waals surface area contributed by atoms with Gasteiger partial charge in [0.1, 0.15) is 5.69 Å². The molecule has 1 amide bonds. The highest BCUT2D eigenvalue weighted by Crippen LogP contribution is 2.54. The number of pyridine rings is 1. The second kappa shape index (κ2) is 6.15. The molecule has 3 heteroatoms. The van der Waals surface area contributed by atoms with Gasteiger partial charge in [-0.15, -0.1) is 0 Å². The van der Waals surface area contributed by atoms with Crippen molar-refractivity contribution in [3.8, 4) is 0 Å². The van der Waals surface area contributed by atoms with E-state index in [0.29, 0.717) is 17.5 Å². The highest BCUT2D eigenvalue weighted by molar-refractivity contribution is 5.92. The number of fused-ring (bicyclic) bond motifs is 1. The number of nitrogens with zero attached hydrogens (tertiary/aromatic N) is 1. The minimum Gasteiger partial charge on any atom is -0.347 e. The van der Waals surface area contributed by atoms with E-state index in [1.54, 1.807) is 12.3 Å². The third-order valence-electron chi connectivity index (χ3n) is 5.56. The van der Waals surface area contributed by atoms with Gasteiger partial charge in [-0.3, -0.25) is 9.78 Å². The molecule has 0 aliphatic heterocycles. The molecule has 23 heavy (non-hydrogen) atoms. The maximum Gasteiger partial charge on any atom is 0.270 e. The molecule has 2 fully saturated rings. The van der Waals surface area contributed by atoms with Crippen LogP contribution in [-0.4, -0.2) is 16.9 Å². The molecule has 1 aromatic carbocycles. The lowest BCUT2D eigenvalue weighted by Crippen LogP contribution is -2.59. The second-order valence-corrected chi connectivity index (χ2v) is 6.76. The Labute approximate surface area is 137 Å². The minimum atomic E-state index is -0.0412. The summed E-state index contributed by atoms with van der Waals surface area (Å²) >= 11 is 0. The van der Waals surface area contributed by atoms with Crippen LogP contribution in [0.3, 0.4) is 0 Å². The van der Waals surface area contributed by atoms with Crippen molar-refractivity contribution >= 4 is 5.91 Å². The summed E-state index contributed by atoms with van der Waals surface area (Å²) < 4.78 is 0. The van der Waals surface area contributed by atoms with E-state index in [1.807, 2.05) is 12.1 Å². The predicted octanol–water partition coefficient (Wildman–Crippen LogP) is 3.78. The first-order chi connectivity index (χ1) is 11.3. The number of hydrogen-bond donors (Lipinski definition) is 1. The van der Waals surface area contributed by atoms with Crippen LogP contribution in [0.1, 0.15) is 47.7 Å². The third-order valence-corrected chi connectivity index (χ3v) is 5.56. The van der Waals surface area contributed by atoms with Gasteiger partial charge in [0.2, 0.25) is 0 Å². The Morgan fingerprint density at radius 3 is 2.43 bits per heavy atom. The van der Waals surface area contributed by atoms with Gasteiger partial charge < -0.3 is 5.32 Å². The first-order valence-electron chi connectivity index (χ1n) is 8.61. The Balaban J connectivity index is 1.56. The highest BCUT2D eigenvalue weighted by atomic mass is 16.2. The summed E-state index contributed by atoms with van der Waals surface area (Å²) in [5.41, 5.74) is 1.88. The van der Waals surface area contributed by atoms with Gasteiger partial charge in [-0.25, -0.2) is 0 Å². The smallest absolute Gasteiger partial charge is 0.270 e. The van der Waals surface area contributed by atoms with E-state index in [4.69, 9.17) is 0 Å². The Kier molecular flexibility index (Phi) is 3.86. The van der Waals surface area contributed by atoms with Crippen LogP contribution in [0.2, 0.25) is 0 Å². The molecule has 1 N–H and O–H groups in total. The summed E-state index contributed by atoms with van der Waals surface area (Å²) in [6.07, 6.45) is 6.82. The van der Waals surface area contributed by atoms with Crippen molar-refractivity contribution in [2.45, 2.75) is 37.6 Å². The standard InChI is InChI=1S/C20H22N2O/c23-20(17-12-6-7-13-21-17)22-19-16-11-5-4-10-15(16)18(19)14-8-2-1-3-9-14/h1-3,6-9,12-13,15-16,18-19H,4-5,10-11H2,(H,22,23)/t15?,16?,18-,19-/m0/s1. The SMILES string of the molecule is O=C(N[C@H]1C2CCCCC2[C@@H]1c1ccccc1)c1ccccn1. The average molecular weight is 306 g/mol. The van der Waals surface area contributed by atoms with Gasteiger partial charge in [-0.05, 0) is 42.4 Å². The number of amides is 1. The largest absolute Gasteiger partial charge is 0.347 e. The second-order valence-electron chi connectivity index (χ2n) is 6.76. The molecule has 3 nitrogen and oxygen atoms in total. The number of rotatable bonds is 3. The first kappa shape index (κ1) is 14.4. The van der Waals surface area contributed by atoms with E-state index in [-0.39, 0.29) is 11.9 Å². The maximum atomic E-state index is 12.5. The summed E-state index contributed by atoms with van der Waals surface area (Å²) in [4.78, 5) is 16.7. The molecule has 118 valence electrons. The summed E-state index contributed by atoms with van der Waals surface area (Å²) in [5.74, 6) is 1.76. The van der Waals surface area contributed by atoms with Crippen LogP contribution in [0.15, 0.2) is 54.7 Å². The molecule has 4 atom stereocenters. The van der Waals surface area contributed by atoms with Crippen LogP contribution >= 0.6 is 0 Å². The maximum absolute atomic E-state index is 12.5. The van der Waals surface area contributed by atoms with Crippen LogP contribution in [0, 0.1) is 11.8 Å². The number of nitrogens with one attached hydrogen (secondary N) is 1. The Bertz CT molecular complexity index is 671.